The average Bonchev–Trinajstić information content (AvgIpc) is 2.45. The lowest BCUT2D eigenvalue weighted by Crippen LogP contribution is -2.46. The van der Waals surface area contributed by atoms with Gasteiger partial charge in [-0.05, 0) is 36.6 Å². The smallest absolute Gasteiger partial charge is 0.123 e. The van der Waals surface area contributed by atoms with E-state index >= 15 is 0 Å². The Morgan fingerprint density at radius 3 is 2.68 bits per heavy atom. The summed E-state index contributed by atoms with van der Waals surface area (Å²) >= 11 is 2.04. The maximum absolute atomic E-state index is 5.62. The number of thioether (sulfide) groups is 1. The summed E-state index contributed by atoms with van der Waals surface area (Å²) in [4.78, 5) is 9.12. The second-order valence-corrected chi connectivity index (χ2v) is 6.21. The monoisotopic (exact) mass is 280 g/mol. The zero-order valence-corrected chi connectivity index (χ0v) is 12.5. The first-order valence-corrected chi connectivity index (χ1v) is 8.21. The Balaban J connectivity index is 1.71. The van der Waals surface area contributed by atoms with Crippen molar-refractivity contribution in [2.75, 3.05) is 54.9 Å². The molecule has 0 aromatic carbocycles. The highest BCUT2D eigenvalue weighted by Gasteiger charge is 2.16. The Hall–Kier alpha value is -0.940. The van der Waals surface area contributed by atoms with Gasteiger partial charge in [-0.3, -0.25) is 4.90 Å². The zero-order chi connectivity index (χ0) is 13.5. The molecule has 0 amide bonds. The van der Waals surface area contributed by atoms with Crippen molar-refractivity contribution in [1.29, 1.82) is 0 Å². The van der Waals surface area contributed by atoms with E-state index in [9.17, 15) is 0 Å². The van der Waals surface area contributed by atoms with E-state index in [0.717, 1.165) is 26.2 Å². The van der Waals surface area contributed by atoms with Crippen molar-refractivity contribution in [2.45, 2.75) is 13.3 Å². The molecule has 5 heteroatoms. The van der Waals surface area contributed by atoms with Gasteiger partial charge in [0.2, 0.25) is 0 Å². The Morgan fingerprint density at radius 1 is 1.26 bits per heavy atom. The number of piperazine rings is 1. The summed E-state index contributed by atoms with van der Waals surface area (Å²) in [6.07, 6.45) is 3.19. The standard InChI is InChI=1S/C14H24N4S/c1-2-19-11-3-6-17-7-9-18(10-8-17)13-4-5-14(15)16-12-13/h4-5,12H,2-3,6-11H2,1H3,(H2,15,16). The predicted molar refractivity (Wildman–Crippen MR) is 84.9 cm³/mol. The molecule has 0 aliphatic carbocycles. The van der Waals surface area contributed by atoms with Gasteiger partial charge < -0.3 is 10.6 Å². The number of rotatable bonds is 6. The molecule has 1 aliphatic rings. The molecule has 1 aliphatic heterocycles. The molecule has 1 fully saturated rings. The first-order chi connectivity index (χ1) is 9.29. The van der Waals surface area contributed by atoms with E-state index < -0.39 is 0 Å². The molecule has 1 aromatic rings. The lowest BCUT2D eigenvalue weighted by Gasteiger charge is -2.35. The second kappa shape index (κ2) is 7.60. The highest BCUT2D eigenvalue weighted by atomic mass is 32.2. The lowest BCUT2D eigenvalue weighted by atomic mass is 10.2. The van der Waals surface area contributed by atoms with Crippen LogP contribution in [0.4, 0.5) is 11.5 Å². The number of hydrogen-bond donors (Lipinski definition) is 1. The Morgan fingerprint density at radius 2 is 2.05 bits per heavy atom. The number of nitrogens with zero attached hydrogens (tertiary/aromatic N) is 3. The molecule has 0 bridgehead atoms. The quantitative estimate of drug-likeness (QED) is 0.807. The molecule has 2 heterocycles. The van der Waals surface area contributed by atoms with Crippen LogP contribution in [-0.2, 0) is 0 Å². The molecule has 1 aromatic heterocycles. The third-order valence-corrected chi connectivity index (χ3v) is 4.46. The van der Waals surface area contributed by atoms with Gasteiger partial charge in [0.15, 0.2) is 0 Å². The van der Waals surface area contributed by atoms with Crippen molar-refractivity contribution in [1.82, 2.24) is 9.88 Å². The molecule has 2 rings (SSSR count). The number of nitrogens with two attached hydrogens (primary N) is 1. The van der Waals surface area contributed by atoms with Gasteiger partial charge >= 0.3 is 0 Å². The predicted octanol–water partition coefficient (Wildman–Crippen LogP) is 1.93. The molecule has 0 radical (unpaired) electrons. The van der Waals surface area contributed by atoms with Crippen molar-refractivity contribution in [3.05, 3.63) is 18.3 Å². The largest absolute Gasteiger partial charge is 0.384 e. The number of nitrogen functional groups attached to an aromatic ring is 1. The van der Waals surface area contributed by atoms with E-state index in [1.165, 1.54) is 30.2 Å². The van der Waals surface area contributed by atoms with Gasteiger partial charge in [0.1, 0.15) is 5.82 Å². The van der Waals surface area contributed by atoms with Crippen LogP contribution in [0, 0.1) is 0 Å². The van der Waals surface area contributed by atoms with Gasteiger partial charge in [-0.15, -0.1) is 0 Å². The zero-order valence-electron chi connectivity index (χ0n) is 11.7. The van der Waals surface area contributed by atoms with Crippen molar-refractivity contribution in [3.8, 4) is 0 Å². The number of hydrogen-bond acceptors (Lipinski definition) is 5. The van der Waals surface area contributed by atoms with E-state index in [1.807, 2.05) is 24.0 Å². The molecule has 0 unspecified atom stereocenters. The highest BCUT2D eigenvalue weighted by Crippen LogP contribution is 2.16. The molecule has 2 N–H and O–H groups in total. The molecule has 0 atom stereocenters. The summed E-state index contributed by atoms with van der Waals surface area (Å²) in [5.74, 6) is 3.12. The topological polar surface area (TPSA) is 45.4 Å². The van der Waals surface area contributed by atoms with Crippen LogP contribution < -0.4 is 10.6 Å². The third-order valence-electron chi connectivity index (χ3n) is 3.48. The normalized spacial score (nSPS) is 16.8. The fourth-order valence-electron chi connectivity index (χ4n) is 2.35. The second-order valence-electron chi connectivity index (χ2n) is 4.82. The van der Waals surface area contributed by atoms with Gasteiger partial charge in [0.25, 0.3) is 0 Å². The van der Waals surface area contributed by atoms with Gasteiger partial charge in [-0.1, -0.05) is 6.92 Å². The van der Waals surface area contributed by atoms with Crippen molar-refractivity contribution >= 4 is 23.3 Å². The minimum Gasteiger partial charge on any atom is -0.384 e. The minimum absolute atomic E-state index is 0.593. The van der Waals surface area contributed by atoms with Crippen LogP contribution in [0.1, 0.15) is 13.3 Å². The highest BCUT2D eigenvalue weighted by molar-refractivity contribution is 7.99. The molecule has 0 spiro atoms. The van der Waals surface area contributed by atoms with E-state index in [1.54, 1.807) is 0 Å². The van der Waals surface area contributed by atoms with E-state index in [-0.39, 0.29) is 0 Å². The number of anilines is 2. The molecular formula is C14H24N4S. The maximum atomic E-state index is 5.62. The molecule has 19 heavy (non-hydrogen) atoms. The summed E-state index contributed by atoms with van der Waals surface area (Å²) in [7, 11) is 0. The van der Waals surface area contributed by atoms with E-state index in [4.69, 9.17) is 5.73 Å². The average molecular weight is 280 g/mol. The van der Waals surface area contributed by atoms with Crippen LogP contribution >= 0.6 is 11.8 Å². The Labute approximate surface area is 120 Å². The molecular weight excluding hydrogens is 256 g/mol. The van der Waals surface area contributed by atoms with Crippen LogP contribution in [0.15, 0.2) is 18.3 Å². The fourth-order valence-corrected chi connectivity index (χ4v) is 2.97. The summed E-state index contributed by atoms with van der Waals surface area (Å²) in [5.41, 5.74) is 6.81. The van der Waals surface area contributed by atoms with Crippen LogP contribution in [-0.4, -0.2) is 54.1 Å². The van der Waals surface area contributed by atoms with Crippen LogP contribution in [0.5, 0.6) is 0 Å². The van der Waals surface area contributed by atoms with Crippen molar-refractivity contribution in [3.63, 3.8) is 0 Å². The third kappa shape index (κ3) is 4.58. The molecule has 106 valence electrons. The van der Waals surface area contributed by atoms with Gasteiger partial charge in [-0.2, -0.15) is 11.8 Å². The minimum atomic E-state index is 0.593. The first-order valence-electron chi connectivity index (χ1n) is 7.06. The fraction of sp³-hybridized carbons (Fsp3) is 0.643. The number of pyridine rings is 1. The summed E-state index contributed by atoms with van der Waals surface area (Å²) in [6.45, 7) is 7.95. The Kier molecular flexibility index (Phi) is 5.79. The maximum Gasteiger partial charge on any atom is 0.123 e. The summed E-state index contributed by atoms with van der Waals surface area (Å²) < 4.78 is 0. The van der Waals surface area contributed by atoms with Gasteiger partial charge in [-0.25, -0.2) is 4.98 Å². The molecule has 0 saturated carbocycles. The van der Waals surface area contributed by atoms with Gasteiger partial charge in [0, 0.05) is 26.2 Å². The van der Waals surface area contributed by atoms with Crippen molar-refractivity contribution < 1.29 is 0 Å². The van der Waals surface area contributed by atoms with Gasteiger partial charge in [0.05, 0.1) is 11.9 Å². The van der Waals surface area contributed by atoms with Crippen molar-refractivity contribution in [2.24, 2.45) is 0 Å². The lowest BCUT2D eigenvalue weighted by molar-refractivity contribution is 0.259. The summed E-state index contributed by atoms with van der Waals surface area (Å²) in [5, 5.41) is 0. The first kappa shape index (κ1) is 14.5. The van der Waals surface area contributed by atoms with Crippen LogP contribution in [0.25, 0.3) is 0 Å². The van der Waals surface area contributed by atoms with E-state index in [2.05, 4.69) is 27.8 Å². The van der Waals surface area contributed by atoms with Crippen LogP contribution in [0.3, 0.4) is 0 Å². The van der Waals surface area contributed by atoms with E-state index in [0.29, 0.717) is 5.82 Å². The Bertz CT molecular complexity index is 360. The SMILES string of the molecule is CCSCCCN1CCN(c2ccc(N)nc2)CC1. The molecule has 1 saturated heterocycles. The molecule has 4 nitrogen and oxygen atoms in total. The number of aromatic nitrogens is 1. The van der Waals surface area contributed by atoms with Crippen LogP contribution in [0.2, 0.25) is 0 Å². The summed E-state index contributed by atoms with van der Waals surface area (Å²) in [6, 6.07) is 3.94.